The predicted molar refractivity (Wildman–Crippen MR) is 108 cm³/mol. The van der Waals surface area contributed by atoms with E-state index in [2.05, 4.69) is 20.1 Å². The van der Waals surface area contributed by atoms with E-state index in [1.165, 1.54) is 12.8 Å². The number of ether oxygens (including phenoxy) is 1. The van der Waals surface area contributed by atoms with Crippen LogP contribution < -0.4 is 10.1 Å². The standard InChI is InChI=1S/C22H24N4O2/c1-16-7-4-5-8-19(16)28-15-21(27)23-18-12-10-17(11-13-18)22-25-24-20-9-3-2-6-14-26(20)22/h4-5,7-8,10-13H,2-3,6,9,14-15H2,1H3,(H,23,27). The smallest absolute Gasteiger partial charge is 0.262 e. The summed E-state index contributed by atoms with van der Waals surface area (Å²) in [5, 5.41) is 11.6. The van der Waals surface area contributed by atoms with Gasteiger partial charge in [-0.3, -0.25) is 4.79 Å². The van der Waals surface area contributed by atoms with Crippen molar-refractivity contribution >= 4 is 11.6 Å². The number of benzene rings is 2. The van der Waals surface area contributed by atoms with E-state index in [9.17, 15) is 4.79 Å². The lowest BCUT2D eigenvalue weighted by atomic mass is 10.2. The summed E-state index contributed by atoms with van der Waals surface area (Å²) in [6.45, 7) is 2.90. The van der Waals surface area contributed by atoms with Gasteiger partial charge in [-0.25, -0.2) is 0 Å². The Balaban J connectivity index is 1.39. The van der Waals surface area contributed by atoms with Crippen LogP contribution in [-0.2, 0) is 17.8 Å². The number of aryl methyl sites for hydroxylation is 2. The van der Waals surface area contributed by atoms with Crippen molar-refractivity contribution in [2.45, 2.75) is 39.2 Å². The van der Waals surface area contributed by atoms with Crippen LogP contribution in [0.25, 0.3) is 11.4 Å². The van der Waals surface area contributed by atoms with Crippen LogP contribution in [0.4, 0.5) is 5.69 Å². The molecule has 0 spiro atoms. The second-order valence-corrected chi connectivity index (χ2v) is 7.08. The largest absolute Gasteiger partial charge is 0.483 e. The molecule has 6 nitrogen and oxygen atoms in total. The van der Waals surface area contributed by atoms with E-state index in [1.807, 2.05) is 55.5 Å². The Hall–Kier alpha value is -3.15. The monoisotopic (exact) mass is 376 g/mol. The molecule has 1 aliphatic heterocycles. The average molecular weight is 376 g/mol. The van der Waals surface area contributed by atoms with Crippen LogP contribution in [0.1, 0.15) is 30.7 Å². The van der Waals surface area contributed by atoms with Crippen molar-refractivity contribution in [3.05, 3.63) is 59.9 Å². The number of rotatable bonds is 5. The lowest BCUT2D eigenvalue weighted by Crippen LogP contribution is -2.20. The van der Waals surface area contributed by atoms with Crippen molar-refractivity contribution in [1.29, 1.82) is 0 Å². The van der Waals surface area contributed by atoms with Gasteiger partial charge in [0.15, 0.2) is 12.4 Å². The Bertz CT molecular complexity index is 963. The number of anilines is 1. The minimum absolute atomic E-state index is 0.0235. The number of fused-ring (bicyclic) bond motifs is 1. The molecule has 2 heterocycles. The van der Waals surface area contributed by atoms with Crippen LogP contribution >= 0.6 is 0 Å². The van der Waals surface area contributed by atoms with Crippen LogP contribution in [0.2, 0.25) is 0 Å². The number of para-hydroxylation sites is 1. The molecule has 2 aromatic carbocycles. The number of carbonyl (C=O) groups is 1. The minimum atomic E-state index is -0.188. The van der Waals surface area contributed by atoms with E-state index in [-0.39, 0.29) is 12.5 Å². The van der Waals surface area contributed by atoms with Gasteiger partial charge < -0.3 is 14.6 Å². The quantitative estimate of drug-likeness (QED) is 0.731. The second-order valence-electron chi connectivity index (χ2n) is 7.08. The highest BCUT2D eigenvalue weighted by Crippen LogP contribution is 2.24. The summed E-state index contributed by atoms with van der Waals surface area (Å²) in [6.07, 6.45) is 4.56. The maximum Gasteiger partial charge on any atom is 0.262 e. The third kappa shape index (κ3) is 4.06. The number of aromatic nitrogens is 3. The normalized spacial score (nSPS) is 13.5. The lowest BCUT2D eigenvalue weighted by Gasteiger charge is -2.10. The molecule has 3 aromatic rings. The first-order valence-corrected chi connectivity index (χ1v) is 9.71. The van der Waals surface area contributed by atoms with Gasteiger partial charge in [0.25, 0.3) is 5.91 Å². The minimum Gasteiger partial charge on any atom is -0.483 e. The Labute approximate surface area is 164 Å². The Kier molecular flexibility index (Phi) is 5.37. The Morgan fingerprint density at radius 2 is 1.89 bits per heavy atom. The number of carbonyl (C=O) groups excluding carboxylic acids is 1. The van der Waals surface area contributed by atoms with Gasteiger partial charge in [-0.2, -0.15) is 0 Å². The zero-order chi connectivity index (χ0) is 19.3. The highest BCUT2D eigenvalue weighted by molar-refractivity contribution is 5.92. The molecule has 0 atom stereocenters. The lowest BCUT2D eigenvalue weighted by molar-refractivity contribution is -0.118. The number of amides is 1. The fourth-order valence-electron chi connectivity index (χ4n) is 3.46. The van der Waals surface area contributed by atoms with Crippen molar-refractivity contribution in [3.8, 4) is 17.1 Å². The van der Waals surface area contributed by atoms with Gasteiger partial charge in [-0.15, -0.1) is 10.2 Å². The summed E-state index contributed by atoms with van der Waals surface area (Å²) >= 11 is 0. The van der Waals surface area contributed by atoms with Crippen LogP contribution in [0.3, 0.4) is 0 Å². The van der Waals surface area contributed by atoms with Crippen molar-refractivity contribution < 1.29 is 9.53 Å². The van der Waals surface area contributed by atoms with Crippen LogP contribution in [0.5, 0.6) is 5.75 Å². The van der Waals surface area contributed by atoms with Gasteiger partial charge in [-0.05, 0) is 55.7 Å². The first-order chi connectivity index (χ1) is 13.7. The summed E-state index contributed by atoms with van der Waals surface area (Å²) in [5.41, 5.74) is 2.75. The van der Waals surface area contributed by atoms with Gasteiger partial charge in [0.1, 0.15) is 11.6 Å². The van der Waals surface area contributed by atoms with Gasteiger partial charge >= 0.3 is 0 Å². The molecule has 0 saturated carbocycles. The van der Waals surface area contributed by atoms with Gasteiger partial charge in [0.2, 0.25) is 0 Å². The first kappa shape index (κ1) is 18.2. The van der Waals surface area contributed by atoms with Crippen LogP contribution in [0, 0.1) is 6.92 Å². The summed E-state index contributed by atoms with van der Waals surface area (Å²) in [6, 6.07) is 15.4. The molecule has 0 saturated heterocycles. The molecule has 0 fully saturated rings. The van der Waals surface area contributed by atoms with Crippen molar-refractivity contribution in [1.82, 2.24) is 14.8 Å². The first-order valence-electron chi connectivity index (χ1n) is 9.71. The van der Waals surface area contributed by atoms with E-state index in [0.29, 0.717) is 0 Å². The van der Waals surface area contributed by atoms with Gasteiger partial charge in [0.05, 0.1) is 0 Å². The highest BCUT2D eigenvalue weighted by Gasteiger charge is 2.16. The zero-order valence-corrected chi connectivity index (χ0v) is 16.0. The molecule has 0 radical (unpaired) electrons. The van der Waals surface area contributed by atoms with E-state index >= 15 is 0 Å². The number of hydrogen-bond acceptors (Lipinski definition) is 4. The average Bonchev–Trinajstić information content (AvgIpc) is 2.96. The summed E-state index contributed by atoms with van der Waals surface area (Å²) < 4.78 is 7.81. The molecule has 0 aliphatic carbocycles. The van der Waals surface area contributed by atoms with Gasteiger partial charge in [-0.1, -0.05) is 24.6 Å². The maximum atomic E-state index is 12.2. The van der Waals surface area contributed by atoms with Crippen LogP contribution in [-0.4, -0.2) is 27.3 Å². The summed E-state index contributed by atoms with van der Waals surface area (Å²) in [4.78, 5) is 12.2. The van der Waals surface area contributed by atoms with Crippen LogP contribution in [0.15, 0.2) is 48.5 Å². The molecule has 0 bridgehead atoms. The SMILES string of the molecule is Cc1ccccc1OCC(=O)Nc1ccc(-c2nnc3n2CCCCC3)cc1. The molecule has 1 N–H and O–H groups in total. The summed E-state index contributed by atoms with van der Waals surface area (Å²) in [5.74, 6) is 2.50. The number of nitrogens with one attached hydrogen (secondary N) is 1. The summed E-state index contributed by atoms with van der Waals surface area (Å²) in [7, 11) is 0. The molecule has 1 aliphatic rings. The Morgan fingerprint density at radius 3 is 2.71 bits per heavy atom. The number of nitrogens with zero attached hydrogens (tertiary/aromatic N) is 3. The highest BCUT2D eigenvalue weighted by atomic mass is 16.5. The third-order valence-electron chi connectivity index (χ3n) is 4.99. The molecule has 28 heavy (non-hydrogen) atoms. The Morgan fingerprint density at radius 1 is 1.07 bits per heavy atom. The predicted octanol–water partition coefficient (Wildman–Crippen LogP) is 4.00. The molecule has 1 aromatic heterocycles. The molecule has 144 valence electrons. The second kappa shape index (κ2) is 8.25. The third-order valence-corrected chi connectivity index (χ3v) is 4.99. The van der Waals surface area contributed by atoms with Crippen molar-refractivity contribution in [2.24, 2.45) is 0 Å². The molecular weight excluding hydrogens is 352 g/mol. The molecule has 1 amide bonds. The molecule has 6 heteroatoms. The molecular formula is C22H24N4O2. The van der Waals surface area contributed by atoms with Crippen molar-refractivity contribution in [3.63, 3.8) is 0 Å². The van der Waals surface area contributed by atoms with E-state index in [1.54, 1.807) is 0 Å². The molecule has 4 rings (SSSR count). The zero-order valence-electron chi connectivity index (χ0n) is 16.0. The van der Waals surface area contributed by atoms with Gasteiger partial charge in [0, 0.05) is 24.2 Å². The molecule has 0 unspecified atom stereocenters. The van der Waals surface area contributed by atoms with E-state index in [4.69, 9.17) is 4.74 Å². The topological polar surface area (TPSA) is 69.0 Å². The fraction of sp³-hybridized carbons (Fsp3) is 0.318. The van der Waals surface area contributed by atoms with Crippen molar-refractivity contribution in [2.75, 3.05) is 11.9 Å². The van der Waals surface area contributed by atoms with E-state index in [0.717, 1.165) is 53.6 Å². The fourth-order valence-corrected chi connectivity index (χ4v) is 3.46. The van der Waals surface area contributed by atoms with E-state index < -0.39 is 0 Å². The maximum absolute atomic E-state index is 12.2. The number of hydrogen-bond donors (Lipinski definition) is 1.